The summed E-state index contributed by atoms with van der Waals surface area (Å²) in [5.41, 5.74) is 1.93. The number of fused-ring (bicyclic) bond motifs is 5. The van der Waals surface area contributed by atoms with Gasteiger partial charge in [0.25, 0.3) is 0 Å². The highest BCUT2D eigenvalue weighted by Gasteiger charge is 2.67. The quantitative estimate of drug-likeness (QED) is 0.134. The highest BCUT2D eigenvalue weighted by Crippen LogP contribution is 2.68. The van der Waals surface area contributed by atoms with Crippen molar-refractivity contribution in [2.75, 3.05) is 24.8 Å². The van der Waals surface area contributed by atoms with E-state index in [4.69, 9.17) is 18.6 Å². The molecule has 6 atom stereocenters. The molecule has 0 N–H and O–H groups in total. The van der Waals surface area contributed by atoms with Crippen LogP contribution in [0.3, 0.4) is 0 Å². The van der Waals surface area contributed by atoms with Crippen molar-refractivity contribution in [3.05, 3.63) is 11.6 Å². The van der Waals surface area contributed by atoms with Crippen LogP contribution in [0.25, 0.3) is 0 Å². The lowest BCUT2D eigenvalue weighted by Gasteiger charge is -2.65. The van der Waals surface area contributed by atoms with Gasteiger partial charge in [-0.25, -0.2) is 0 Å². The second-order valence-corrected chi connectivity index (χ2v) is 21.3. The lowest BCUT2D eigenvalue weighted by Crippen LogP contribution is -2.66. The SMILES string of the molecule is COC12CCC3C(=CCC4(C)C(O[Si](C)(C)C(C)(C)C)CCC34)C1(CI)CCC1(C2)OCC(C)(C)CO1. The van der Waals surface area contributed by atoms with Crippen molar-refractivity contribution in [2.24, 2.45) is 28.1 Å². The van der Waals surface area contributed by atoms with E-state index in [1.54, 1.807) is 5.57 Å². The number of methoxy groups -OCH3 is 1. The lowest BCUT2D eigenvalue weighted by atomic mass is 9.47. The Bertz CT molecular complexity index is 915. The van der Waals surface area contributed by atoms with E-state index in [1.165, 1.54) is 19.3 Å². The number of alkyl halides is 1. The molecule has 1 spiro atoms. The summed E-state index contributed by atoms with van der Waals surface area (Å²) in [6, 6.07) is 0. The molecule has 6 heteroatoms. The zero-order chi connectivity index (χ0) is 27.1. The first-order chi connectivity index (χ1) is 17.1. The van der Waals surface area contributed by atoms with E-state index in [2.05, 4.69) is 83.3 Å². The summed E-state index contributed by atoms with van der Waals surface area (Å²) >= 11 is 2.67. The molecule has 4 nitrogen and oxygen atoms in total. The molecule has 0 radical (unpaired) electrons. The Morgan fingerprint density at radius 1 is 1.03 bits per heavy atom. The monoisotopic (exact) mass is 644 g/mol. The summed E-state index contributed by atoms with van der Waals surface area (Å²) in [5.74, 6) is 0.897. The molecule has 212 valence electrons. The molecular weight excluding hydrogens is 591 g/mol. The van der Waals surface area contributed by atoms with Crippen molar-refractivity contribution in [3.8, 4) is 0 Å². The minimum Gasteiger partial charge on any atom is -0.413 e. The van der Waals surface area contributed by atoms with Crippen molar-refractivity contribution >= 4 is 30.9 Å². The van der Waals surface area contributed by atoms with Crippen LogP contribution in [0.15, 0.2) is 11.6 Å². The predicted molar refractivity (Wildman–Crippen MR) is 162 cm³/mol. The number of hydrogen-bond donors (Lipinski definition) is 0. The maximum Gasteiger partial charge on any atom is 0.192 e. The van der Waals surface area contributed by atoms with Crippen LogP contribution in [0.1, 0.15) is 92.9 Å². The van der Waals surface area contributed by atoms with Gasteiger partial charge in [0.1, 0.15) is 0 Å². The summed E-state index contributed by atoms with van der Waals surface area (Å²) in [6.07, 6.45) is 12.0. The molecule has 0 aromatic heterocycles. The topological polar surface area (TPSA) is 36.9 Å². The third-order valence-electron chi connectivity index (χ3n) is 12.1. The Kier molecular flexibility index (Phi) is 7.27. The number of rotatable bonds is 4. The van der Waals surface area contributed by atoms with Gasteiger partial charge in [0.05, 0.1) is 24.9 Å². The third kappa shape index (κ3) is 4.40. The van der Waals surface area contributed by atoms with E-state index in [-0.39, 0.29) is 26.9 Å². The molecular formula is C31H53IO4Si. The second kappa shape index (κ2) is 9.27. The molecule has 0 aromatic carbocycles. The molecule has 1 heterocycles. The molecule has 0 bridgehead atoms. The summed E-state index contributed by atoms with van der Waals surface area (Å²) in [4.78, 5) is 0. The van der Waals surface area contributed by atoms with Gasteiger partial charge in [-0.3, -0.25) is 0 Å². The fraction of sp³-hybridized carbons (Fsp3) is 0.935. The zero-order valence-electron chi connectivity index (χ0n) is 25.1. The maximum absolute atomic E-state index is 7.16. The average molecular weight is 645 g/mol. The standard InChI is InChI=1S/C31H53IO4Si/c1-26(2,3)37(8,9)36-25-11-10-23-22-12-15-30(33-7)18-31(34-20-27(4,5)21-35-31)17-16-29(30,19-32)24(22)13-14-28(23,25)6/h13,22-23,25H,10-12,14-21H2,1-9H3. The van der Waals surface area contributed by atoms with Gasteiger partial charge in [-0.2, -0.15) is 0 Å². The predicted octanol–water partition coefficient (Wildman–Crippen LogP) is 8.29. The van der Waals surface area contributed by atoms with E-state index in [0.29, 0.717) is 12.0 Å². The van der Waals surface area contributed by atoms with Crippen molar-refractivity contribution < 1.29 is 18.6 Å². The van der Waals surface area contributed by atoms with Crippen LogP contribution >= 0.6 is 22.6 Å². The van der Waals surface area contributed by atoms with Gasteiger partial charge in [0, 0.05) is 35.2 Å². The van der Waals surface area contributed by atoms with Crippen LogP contribution < -0.4 is 0 Å². The fourth-order valence-electron chi connectivity index (χ4n) is 8.57. The molecule has 0 amide bonds. The van der Waals surface area contributed by atoms with Crippen molar-refractivity contribution in [2.45, 2.75) is 129 Å². The molecule has 3 saturated carbocycles. The van der Waals surface area contributed by atoms with Gasteiger partial charge < -0.3 is 18.6 Å². The molecule has 5 aliphatic rings. The number of ether oxygens (including phenoxy) is 3. The Morgan fingerprint density at radius 2 is 1.70 bits per heavy atom. The fourth-order valence-corrected chi connectivity index (χ4v) is 11.5. The normalized spacial score (nSPS) is 43.1. The van der Waals surface area contributed by atoms with Crippen LogP contribution in [-0.4, -0.2) is 50.6 Å². The molecule has 5 rings (SSSR count). The largest absolute Gasteiger partial charge is 0.413 e. The lowest BCUT2D eigenvalue weighted by molar-refractivity contribution is -0.344. The first-order valence-corrected chi connectivity index (χ1v) is 19.3. The van der Waals surface area contributed by atoms with Gasteiger partial charge in [0.15, 0.2) is 14.1 Å². The van der Waals surface area contributed by atoms with Gasteiger partial charge in [-0.05, 0) is 73.9 Å². The van der Waals surface area contributed by atoms with Gasteiger partial charge >= 0.3 is 0 Å². The summed E-state index contributed by atoms with van der Waals surface area (Å²) in [6.45, 7) is 20.6. The van der Waals surface area contributed by atoms with Crippen LogP contribution in [0.5, 0.6) is 0 Å². The molecule has 37 heavy (non-hydrogen) atoms. The van der Waals surface area contributed by atoms with Crippen molar-refractivity contribution in [3.63, 3.8) is 0 Å². The Labute approximate surface area is 241 Å². The van der Waals surface area contributed by atoms with E-state index in [1.807, 2.05) is 7.11 Å². The second-order valence-electron chi connectivity index (χ2n) is 15.8. The van der Waals surface area contributed by atoms with E-state index < -0.39 is 14.1 Å². The Morgan fingerprint density at radius 3 is 2.30 bits per heavy atom. The first kappa shape index (κ1) is 29.0. The number of allylic oxidation sites excluding steroid dienone is 1. The first-order valence-electron chi connectivity index (χ1n) is 14.9. The summed E-state index contributed by atoms with van der Waals surface area (Å²) in [7, 11) is 0.151. The highest BCUT2D eigenvalue weighted by atomic mass is 127. The van der Waals surface area contributed by atoms with Gasteiger partial charge in [0.2, 0.25) is 0 Å². The van der Waals surface area contributed by atoms with E-state index in [9.17, 15) is 0 Å². The molecule has 0 aromatic rings. The van der Waals surface area contributed by atoms with Crippen LogP contribution in [0, 0.1) is 28.1 Å². The number of halogens is 1. The molecule has 4 fully saturated rings. The van der Waals surface area contributed by atoms with Crippen molar-refractivity contribution in [1.29, 1.82) is 0 Å². The maximum atomic E-state index is 7.16. The van der Waals surface area contributed by atoms with Crippen LogP contribution in [-0.2, 0) is 18.6 Å². The van der Waals surface area contributed by atoms with Gasteiger partial charge in [-0.1, -0.05) is 75.8 Å². The molecule has 1 aliphatic heterocycles. The smallest absolute Gasteiger partial charge is 0.192 e. The molecule has 1 saturated heterocycles. The average Bonchev–Trinajstić information content (AvgIpc) is 3.15. The van der Waals surface area contributed by atoms with E-state index >= 15 is 0 Å². The minimum absolute atomic E-state index is 0.0792. The zero-order valence-corrected chi connectivity index (χ0v) is 28.3. The third-order valence-corrected chi connectivity index (χ3v) is 17.8. The van der Waals surface area contributed by atoms with Gasteiger partial charge in [-0.15, -0.1) is 0 Å². The Balaban J connectivity index is 1.44. The van der Waals surface area contributed by atoms with E-state index in [0.717, 1.165) is 55.7 Å². The summed E-state index contributed by atoms with van der Waals surface area (Å²) in [5, 5.41) is 0.252. The summed E-state index contributed by atoms with van der Waals surface area (Å²) < 4.78 is 28.0. The Hall–Kier alpha value is 0.527. The number of hydrogen-bond acceptors (Lipinski definition) is 4. The molecule has 6 unspecified atom stereocenters. The molecule has 4 aliphatic carbocycles. The van der Waals surface area contributed by atoms with Crippen molar-refractivity contribution in [1.82, 2.24) is 0 Å². The van der Waals surface area contributed by atoms with Crippen LogP contribution in [0.2, 0.25) is 18.1 Å². The highest BCUT2D eigenvalue weighted by molar-refractivity contribution is 14.1. The van der Waals surface area contributed by atoms with Crippen LogP contribution in [0.4, 0.5) is 0 Å². The minimum atomic E-state index is -1.81.